The summed E-state index contributed by atoms with van der Waals surface area (Å²) in [6.07, 6.45) is 6.38. The normalized spacial score (nSPS) is 9.86. The maximum absolute atomic E-state index is 9.67. The van der Waals surface area contributed by atoms with Crippen LogP contribution in [-0.4, -0.2) is 16.2 Å². The minimum atomic E-state index is -3.67. The van der Waals surface area contributed by atoms with Gasteiger partial charge in [-0.2, -0.15) is 13.2 Å². The maximum Gasteiger partial charge on any atom is 0.379 e. The molecular weight excluding hydrogens is 193 g/mol. The summed E-state index contributed by atoms with van der Waals surface area (Å²) in [6.45, 7) is 1.68. The largest absolute Gasteiger partial charge is 0.379 e. The second kappa shape index (κ2) is 7.41. The average Bonchev–Trinajstić information content (AvgIpc) is 2.47. The number of hydrogen-bond donors (Lipinski definition) is 0. The van der Waals surface area contributed by atoms with Gasteiger partial charge in [-0.1, -0.05) is 13.3 Å². The van der Waals surface area contributed by atoms with Gasteiger partial charge < -0.3 is 4.57 Å². The van der Waals surface area contributed by atoms with Crippen molar-refractivity contribution in [2.75, 3.05) is 0 Å². The molecule has 0 aliphatic rings. The van der Waals surface area contributed by atoms with Crippen LogP contribution in [0.4, 0.5) is 13.2 Å². The summed E-state index contributed by atoms with van der Waals surface area (Å²) >= 11 is 0. The second-order valence-corrected chi connectivity index (χ2v) is 2.77. The number of halogens is 3. The van der Waals surface area contributed by atoms with Gasteiger partial charge in [0.1, 0.15) is 5.82 Å². The topological polar surface area (TPSA) is 17.8 Å². The van der Waals surface area contributed by atoms with Crippen LogP contribution in [0.2, 0.25) is 0 Å². The van der Waals surface area contributed by atoms with Crippen LogP contribution >= 0.6 is 0 Å². The summed E-state index contributed by atoms with van der Waals surface area (Å²) in [7, 11) is 0. The fourth-order valence-electron chi connectivity index (χ4n) is 0.969. The van der Waals surface area contributed by atoms with Gasteiger partial charge in [-0.3, -0.25) is 0 Å². The van der Waals surface area contributed by atoms with Crippen molar-refractivity contribution < 1.29 is 13.2 Å². The molecule has 0 unspecified atom stereocenters. The van der Waals surface area contributed by atoms with Crippen molar-refractivity contribution in [1.82, 2.24) is 9.55 Å². The van der Waals surface area contributed by atoms with Crippen molar-refractivity contribution in [3.05, 3.63) is 18.2 Å². The SMILES string of the molecule is CCCCn1ccnc1C.FC(F)F. The Labute approximate surface area is 81.8 Å². The second-order valence-electron chi connectivity index (χ2n) is 2.77. The van der Waals surface area contributed by atoms with Crippen molar-refractivity contribution in [2.24, 2.45) is 0 Å². The Balaban J connectivity index is 0.000000364. The van der Waals surface area contributed by atoms with Crippen LogP contribution < -0.4 is 0 Å². The number of aromatic nitrogens is 2. The molecule has 14 heavy (non-hydrogen) atoms. The third-order valence-corrected chi connectivity index (χ3v) is 1.68. The zero-order chi connectivity index (χ0) is 11.0. The molecule has 0 amide bonds. The highest BCUT2D eigenvalue weighted by Gasteiger charge is 1.93. The lowest BCUT2D eigenvalue weighted by atomic mass is 10.3. The van der Waals surface area contributed by atoms with E-state index in [1.807, 2.05) is 19.3 Å². The third-order valence-electron chi connectivity index (χ3n) is 1.68. The molecule has 0 aliphatic heterocycles. The average molecular weight is 208 g/mol. The van der Waals surface area contributed by atoms with Crippen molar-refractivity contribution in [3.8, 4) is 0 Å². The first-order chi connectivity index (χ1) is 6.57. The van der Waals surface area contributed by atoms with E-state index in [0.29, 0.717) is 0 Å². The lowest BCUT2D eigenvalue weighted by molar-refractivity contribution is 0.00819. The van der Waals surface area contributed by atoms with Crippen molar-refractivity contribution in [2.45, 2.75) is 39.9 Å². The molecule has 0 saturated carbocycles. The van der Waals surface area contributed by atoms with Crippen LogP contribution in [0.3, 0.4) is 0 Å². The smallest absolute Gasteiger partial charge is 0.335 e. The number of rotatable bonds is 3. The molecule has 2 nitrogen and oxygen atoms in total. The summed E-state index contributed by atoms with van der Waals surface area (Å²) in [5, 5.41) is 0. The molecule has 0 aliphatic carbocycles. The van der Waals surface area contributed by atoms with Crippen LogP contribution in [-0.2, 0) is 6.54 Å². The zero-order valence-corrected chi connectivity index (χ0v) is 8.38. The van der Waals surface area contributed by atoms with Gasteiger partial charge in [0.2, 0.25) is 0 Å². The molecule has 0 fully saturated rings. The first kappa shape index (κ1) is 13.0. The molecular formula is C9H15F3N2. The van der Waals surface area contributed by atoms with E-state index >= 15 is 0 Å². The van der Waals surface area contributed by atoms with E-state index in [0.717, 1.165) is 12.4 Å². The van der Waals surface area contributed by atoms with Crippen LogP contribution in [0.15, 0.2) is 12.4 Å². The van der Waals surface area contributed by atoms with E-state index in [-0.39, 0.29) is 0 Å². The zero-order valence-electron chi connectivity index (χ0n) is 8.38. The van der Waals surface area contributed by atoms with Gasteiger partial charge >= 0.3 is 6.68 Å². The highest BCUT2D eigenvalue weighted by molar-refractivity contribution is 4.87. The quantitative estimate of drug-likeness (QED) is 0.746. The molecule has 0 radical (unpaired) electrons. The van der Waals surface area contributed by atoms with E-state index in [2.05, 4.69) is 16.5 Å². The summed E-state index contributed by atoms with van der Waals surface area (Å²) in [5.41, 5.74) is 0. The Bertz CT molecular complexity index is 233. The summed E-state index contributed by atoms with van der Waals surface area (Å²) in [4.78, 5) is 4.13. The summed E-state index contributed by atoms with van der Waals surface area (Å²) in [5.74, 6) is 1.12. The van der Waals surface area contributed by atoms with Gasteiger partial charge in [0.15, 0.2) is 0 Å². The number of nitrogens with zero attached hydrogens (tertiary/aromatic N) is 2. The van der Waals surface area contributed by atoms with Gasteiger partial charge in [-0.05, 0) is 13.3 Å². The van der Waals surface area contributed by atoms with E-state index < -0.39 is 6.68 Å². The molecule has 0 saturated heterocycles. The maximum atomic E-state index is 9.67. The molecule has 82 valence electrons. The lowest BCUT2D eigenvalue weighted by Gasteiger charge is -2.01. The molecule has 0 N–H and O–H groups in total. The Morgan fingerprint density at radius 1 is 1.43 bits per heavy atom. The lowest BCUT2D eigenvalue weighted by Crippen LogP contribution is -1.97. The highest BCUT2D eigenvalue weighted by Crippen LogP contribution is 1.98. The van der Waals surface area contributed by atoms with Gasteiger partial charge in [0.05, 0.1) is 0 Å². The van der Waals surface area contributed by atoms with Crippen molar-refractivity contribution in [1.29, 1.82) is 0 Å². The number of imidazole rings is 1. The molecule has 1 aromatic rings. The van der Waals surface area contributed by atoms with Crippen LogP contribution in [0.5, 0.6) is 0 Å². The standard InChI is InChI=1S/C8H14N2.CHF3/c1-3-4-6-10-7-5-9-8(10)2;2-1(3)4/h5,7H,3-4,6H2,1-2H3;1H. The van der Waals surface area contributed by atoms with Gasteiger partial charge in [-0.15, -0.1) is 0 Å². The Kier molecular flexibility index (Phi) is 6.88. The minimum Gasteiger partial charge on any atom is -0.335 e. The Morgan fingerprint density at radius 3 is 2.36 bits per heavy atom. The predicted octanol–water partition coefficient (Wildman–Crippen LogP) is 3.17. The molecule has 1 aromatic heterocycles. The minimum absolute atomic E-state index is 1.11. The van der Waals surface area contributed by atoms with Gasteiger partial charge in [0, 0.05) is 18.9 Å². The first-order valence-electron chi connectivity index (χ1n) is 4.47. The van der Waals surface area contributed by atoms with Crippen molar-refractivity contribution >= 4 is 0 Å². The molecule has 5 heteroatoms. The van der Waals surface area contributed by atoms with Gasteiger partial charge in [-0.25, -0.2) is 4.98 Å². The number of unbranched alkanes of at least 4 members (excludes halogenated alkanes) is 1. The van der Waals surface area contributed by atoms with E-state index in [9.17, 15) is 13.2 Å². The number of aryl methyl sites for hydroxylation is 2. The molecule has 1 rings (SSSR count). The predicted molar refractivity (Wildman–Crippen MR) is 49.0 cm³/mol. The van der Waals surface area contributed by atoms with Crippen LogP contribution in [0.1, 0.15) is 25.6 Å². The fourth-order valence-corrected chi connectivity index (χ4v) is 0.969. The first-order valence-corrected chi connectivity index (χ1v) is 4.47. The summed E-state index contributed by atoms with van der Waals surface area (Å²) in [6, 6.07) is 0. The Morgan fingerprint density at radius 2 is 2.00 bits per heavy atom. The van der Waals surface area contributed by atoms with E-state index in [1.165, 1.54) is 12.8 Å². The van der Waals surface area contributed by atoms with E-state index in [4.69, 9.17) is 0 Å². The number of hydrogen-bond acceptors (Lipinski definition) is 1. The molecule has 0 bridgehead atoms. The van der Waals surface area contributed by atoms with Gasteiger partial charge in [0.25, 0.3) is 0 Å². The number of alkyl halides is 3. The molecule has 0 spiro atoms. The highest BCUT2D eigenvalue weighted by atomic mass is 19.4. The molecule has 0 atom stereocenters. The molecule has 0 aromatic carbocycles. The third kappa shape index (κ3) is 6.51. The molecule has 1 heterocycles. The van der Waals surface area contributed by atoms with Crippen LogP contribution in [0, 0.1) is 6.92 Å². The van der Waals surface area contributed by atoms with Crippen LogP contribution in [0.25, 0.3) is 0 Å². The van der Waals surface area contributed by atoms with Crippen molar-refractivity contribution in [3.63, 3.8) is 0 Å². The summed E-state index contributed by atoms with van der Waals surface area (Å²) < 4.78 is 31.2. The van der Waals surface area contributed by atoms with E-state index in [1.54, 1.807) is 0 Å². The Hall–Kier alpha value is -1.00. The monoisotopic (exact) mass is 208 g/mol. The fraction of sp³-hybridized carbons (Fsp3) is 0.667.